The molecule has 10 heteroatoms. The summed E-state index contributed by atoms with van der Waals surface area (Å²) in [5.74, 6) is -1.53. The highest BCUT2D eigenvalue weighted by Gasteiger charge is 2.24. The summed E-state index contributed by atoms with van der Waals surface area (Å²) in [5, 5.41) is 7.38. The minimum atomic E-state index is -0.680. The van der Waals surface area contributed by atoms with Crippen LogP contribution < -0.4 is 20.9 Å². The standard InChI is InChI=1S/C21H26F2N6O2.3H2/c1-3-25-21(31)28-19-17(22)14(6-9-26-19)12-13-7-10-29(11-8-13)16-5-4-15(20(30)24-2)27-18(16)23;;;/h4-6,9,13H,3,7-8,10-12H2,1-2H3,(H,24,30)(H2,25,26,28,31);3*1H. The summed E-state index contributed by atoms with van der Waals surface area (Å²) >= 11 is 0. The molecule has 0 spiro atoms. The van der Waals surface area contributed by atoms with Gasteiger partial charge in [0.25, 0.3) is 5.91 Å². The van der Waals surface area contributed by atoms with Crippen LogP contribution in [0, 0.1) is 17.7 Å². The monoisotopic (exact) mass is 438 g/mol. The first kappa shape index (κ1) is 22.4. The number of nitrogens with zero attached hydrogens (tertiary/aromatic N) is 3. The summed E-state index contributed by atoms with van der Waals surface area (Å²) in [4.78, 5) is 32.8. The van der Waals surface area contributed by atoms with Gasteiger partial charge in [-0.3, -0.25) is 10.1 Å². The summed E-state index contributed by atoms with van der Waals surface area (Å²) in [6.45, 7) is 3.39. The minimum absolute atomic E-state index is 0. The number of piperidine rings is 1. The Morgan fingerprint density at radius 1 is 1.23 bits per heavy atom. The molecule has 1 fully saturated rings. The average molecular weight is 439 g/mol. The quantitative estimate of drug-likeness (QED) is 0.600. The van der Waals surface area contributed by atoms with Gasteiger partial charge in [0, 0.05) is 37.2 Å². The Morgan fingerprint density at radius 2 is 1.97 bits per heavy atom. The van der Waals surface area contributed by atoms with Crippen molar-refractivity contribution in [3.05, 3.63) is 47.4 Å². The van der Waals surface area contributed by atoms with E-state index in [4.69, 9.17) is 0 Å². The lowest BCUT2D eigenvalue weighted by Gasteiger charge is -2.33. The Kier molecular flexibility index (Phi) is 7.32. The second-order valence-corrected chi connectivity index (χ2v) is 7.34. The lowest BCUT2D eigenvalue weighted by Crippen LogP contribution is -2.35. The summed E-state index contributed by atoms with van der Waals surface area (Å²) < 4.78 is 29.2. The Bertz CT molecular complexity index is 962. The number of carbonyl (C=O) groups is 2. The molecule has 3 heterocycles. The van der Waals surface area contributed by atoms with E-state index in [9.17, 15) is 18.4 Å². The predicted molar refractivity (Wildman–Crippen MR) is 119 cm³/mol. The number of hydrogen-bond acceptors (Lipinski definition) is 5. The molecule has 0 aliphatic carbocycles. The van der Waals surface area contributed by atoms with Gasteiger partial charge in [0.05, 0.1) is 5.69 Å². The SMILES string of the molecule is CCNC(=O)Nc1nccc(CC2CCN(c3ccc(C(=O)NC)nc3F)CC2)c1F.[HH].[HH].[HH]. The first-order valence-corrected chi connectivity index (χ1v) is 10.2. The van der Waals surface area contributed by atoms with Crippen LogP contribution in [-0.4, -0.2) is 48.6 Å². The van der Waals surface area contributed by atoms with E-state index in [-0.39, 0.29) is 21.7 Å². The van der Waals surface area contributed by atoms with Crippen molar-refractivity contribution in [1.29, 1.82) is 0 Å². The van der Waals surface area contributed by atoms with Crippen LogP contribution in [0.5, 0.6) is 0 Å². The summed E-state index contributed by atoms with van der Waals surface area (Å²) in [7, 11) is 1.46. The maximum absolute atomic E-state index is 14.7. The second kappa shape index (κ2) is 10.1. The Morgan fingerprint density at radius 3 is 2.61 bits per heavy atom. The highest BCUT2D eigenvalue weighted by atomic mass is 19.1. The van der Waals surface area contributed by atoms with Gasteiger partial charge in [-0.1, -0.05) is 0 Å². The van der Waals surface area contributed by atoms with Gasteiger partial charge in [-0.25, -0.2) is 19.2 Å². The van der Waals surface area contributed by atoms with Crippen molar-refractivity contribution in [2.45, 2.75) is 26.2 Å². The number of urea groups is 1. The number of halogens is 2. The summed E-state index contributed by atoms with van der Waals surface area (Å²) in [6, 6.07) is 4.18. The molecule has 3 rings (SSSR count). The molecule has 0 radical (unpaired) electrons. The highest BCUT2D eigenvalue weighted by Crippen LogP contribution is 2.28. The van der Waals surface area contributed by atoms with E-state index in [0.29, 0.717) is 37.3 Å². The fraction of sp³-hybridized carbons (Fsp3) is 0.429. The molecule has 0 unspecified atom stereocenters. The van der Waals surface area contributed by atoms with Crippen LogP contribution in [0.25, 0.3) is 0 Å². The topological polar surface area (TPSA) is 99.3 Å². The van der Waals surface area contributed by atoms with Gasteiger partial charge >= 0.3 is 6.03 Å². The Hall–Kier alpha value is -3.30. The van der Waals surface area contributed by atoms with Crippen molar-refractivity contribution >= 4 is 23.4 Å². The van der Waals surface area contributed by atoms with E-state index >= 15 is 0 Å². The van der Waals surface area contributed by atoms with Crippen LogP contribution in [-0.2, 0) is 6.42 Å². The van der Waals surface area contributed by atoms with Gasteiger partial charge < -0.3 is 15.5 Å². The first-order valence-electron chi connectivity index (χ1n) is 10.2. The molecular formula is C21H32F2N6O2. The van der Waals surface area contributed by atoms with E-state index in [2.05, 4.69) is 25.9 Å². The first-order chi connectivity index (χ1) is 14.9. The molecule has 8 nitrogen and oxygen atoms in total. The van der Waals surface area contributed by atoms with Crippen molar-refractivity contribution in [2.75, 3.05) is 36.9 Å². The second-order valence-electron chi connectivity index (χ2n) is 7.34. The largest absolute Gasteiger partial charge is 0.368 e. The molecule has 1 aliphatic rings. The number of hydrogen-bond donors (Lipinski definition) is 3. The van der Waals surface area contributed by atoms with Crippen molar-refractivity contribution in [1.82, 2.24) is 20.6 Å². The van der Waals surface area contributed by atoms with Crippen molar-refractivity contribution in [2.24, 2.45) is 5.92 Å². The summed E-state index contributed by atoms with van der Waals surface area (Å²) in [6.07, 6.45) is 3.47. The minimum Gasteiger partial charge on any atom is -0.368 e. The smallest absolute Gasteiger partial charge is 0.320 e. The molecule has 0 atom stereocenters. The molecule has 2 aromatic heterocycles. The molecule has 1 aliphatic heterocycles. The van der Waals surface area contributed by atoms with Crippen molar-refractivity contribution < 1.29 is 22.6 Å². The molecule has 3 amide bonds. The van der Waals surface area contributed by atoms with E-state index in [1.54, 1.807) is 19.1 Å². The van der Waals surface area contributed by atoms with Gasteiger partial charge in [0.15, 0.2) is 11.6 Å². The van der Waals surface area contributed by atoms with E-state index in [0.717, 1.165) is 12.8 Å². The maximum Gasteiger partial charge on any atom is 0.320 e. The number of nitrogens with one attached hydrogen (secondary N) is 3. The number of rotatable bonds is 6. The lowest BCUT2D eigenvalue weighted by molar-refractivity contribution is 0.0957. The highest BCUT2D eigenvalue weighted by molar-refractivity contribution is 5.92. The Balaban J connectivity index is 0.00000363. The number of anilines is 2. The molecule has 3 N–H and O–H groups in total. The molecule has 0 bridgehead atoms. The van der Waals surface area contributed by atoms with Gasteiger partial charge in [-0.2, -0.15) is 4.39 Å². The molecule has 172 valence electrons. The average Bonchev–Trinajstić information content (AvgIpc) is 2.76. The third kappa shape index (κ3) is 5.44. The molecule has 31 heavy (non-hydrogen) atoms. The van der Waals surface area contributed by atoms with Crippen LogP contribution in [0.1, 0.15) is 40.1 Å². The number of amides is 3. The van der Waals surface area contributed by atoms with Crippen molar-refractivity contribution in [3.63, 3.8) is 0 Å². The normalized spacial score (nSPS) is 14.3. The predicted octanol–water partition coefficient (Wildman–Crippen LogP) is 3.45. The molecule has 1 saturated heterocycles. The number of carbonyl (C=O) groups excluding carboxylic acids is 2. The van der Waals surface area contributed by atoms with E-state index in [1.165, 1.54) is 19.3 Å². The van der Waals surface area contributed by atoms with Crippen LogP contribution in [0.15, 0.2) is 24.4 Å². The van der Waals surface area contributed by atoms with Gasteiger partial charge in [-0.15, -0.1) is 0 Å². The number of pyridine rings is 2. The molecular weight excluding hydrogens is 406 g/mol. The van der Waals surface area contributed by atoms with Crippen LogP contribution in [0.4, 0.5) is 25.1 Å². The van der Waals surface area contributed by atoms with Crippen LogP contribution >= 0.6 is 0 Å². The van der Waals surface area contributed by atoms with E-state index < -0.39 is 23.7 Å². The van der Waals surface area contributed by atoms with Crippen LogP contribution in [0.2, 0.25) is 0 Å². The van der Waals surface area contributed by atoms with Crippen molar-refractivity contribution in [3.8, 4) is 0 Å². The summed E-state index contributed by atoms with van der Waals surface area (Å²) in [5.41, 5.74) is 0.876. The third-order valence-corrected chi connectivity index (χ3v) is 5.29. The Labute approximate surface area is 183 Å². The van der Waals surface area contributed by atoms with Gasteiger partial charge in [0.2, 0.25) is 5.95 Å². The molecule has 2 aromatic rings. The maximum atomic E-state index is 14.7. The third-order valence-electron chi connectivity index (χ3n) is 5.29. The molecule has 0 aromatic carbocycles. The van der Waals surface area contributed by atoms with Crippen LogP contribution in [0.3, 0.4) is 0 Å². The number of aromatic nitrogens is 2. The van der Waals surface area contributed by atoms with Gasteiger partial charge in [0.1, 0.15) is 5.69 Å². The fourth-order valence-electron chi connectivity index (χ4n) is 3.65. The lowest BCUT2D eigenvalue weighted by atomic mass is 9.90. The van der Waals surface area contributed by atoms with E-state index in [1.807, 2.05) is 4.90 Å². The zero-order valence-corrected chi connectivity index (χ0v) is 17.5. The zero-order valence-electron chi connectivity index (χ0n) is 17.5. The van der Waals surface area contributed by atoms with Gasteiger partial charge in [-0.05, 0) is 55.9 Å². The fourth-order valence-corrected chi connectivity index (χ4v) is 3.65. The zero-order chi connectivity index (χ0) is 22.4. The molecule has 0 saturated carbocycles.